The Morgan fingerprint density at radius 3 is 2.53 bits per heavy atom. The third-order valence-electron chi connectivity index (χ3n) is 5.78. The number of amides is 1. The zero-order chi connectivity index (χ0) is 22.8. The Labute approximate surface area is 185 Å². The van der Waals surface area contributed by atoms with E-state index in [-0.39, 0.29) is 11.6 Å². The fourth-order valence-electron chi connectivity index (χ4n) is 3.85. The van der Waals surface area contributed by atoms with Crippen LogP contribution in [0.1, 0.15) is 51.4 Å². The average molecular weight is 432 g/mol. The summed E-state index contributed by atoms with van der Waals surface area (Å²) in [6, 6.07) is 11.9. The van der Waals surface area contributed by atoms with Crippen molar-refractivity contribution in [2.45, 2.75) is 40.0 Å². The number of rotatable bonds is 5. The Morgan fingerprint density at radius 1 is 1.06 bits per heavy atom. The molecule has 8 nitrogen and oxygen atoms in total. The molecule has 1 aromatic heterocycles. The third kappa shape index (κ3) is 4.12. The quantitative estimate of drug-likeness (QED) is 0.408. The molecule has 1 amide bonds. The van der Waals surface area contributed by atoms with Crippen molar-refractivity contribution in [3.8, 4) is 0 Å². The summed E-state index contributed by atoms with van der Waals surface area (Å²) >= 11 is 0. The summed E-state index contributed by atoms with van der Waals surface area (Å²) in [5.41, 5.74) is 8.93. The van der Waals surface area contributed by atoms with E-state index in [1.165, 1.54) is 12.1 Å². The molecule has 3 aromatic rings. The van der Waals surface area contributed by atoms with E-state index in [2.05, 4.69) is 15.8 Å². The number of benzene rings is 2. The number of hydrogen-bond acceptors (Lipinski definition) is 6. The maximum Gasteiger partial charge on any atom is 0.291 e. The molecule has 1 aliphatic carbocycles. The first-order chi connectivity index (χ1) is 15.3. The van der Waals surface area contributed by atoms with Gasteiger partial charge >= 0.3 is 0 Å². The molecule has 0 saturated carbocycles. The monoisotopic (exact) mass is 432 g/mol. The number of hydrogen-bond donors (Lipinski definition) is 2. The summed E-state index contributed by atoms with van der Waals surface area (Å²) in [6.45, 7) is 5.84. The SMILES string of the molecule is Cc1cccc(NC(=O)c2oc3c(c2C)/C(=N/Nc2ccc([N+](=O)[O-])cc2)CCC3)c1C. The molecule has 0 spiro atoms. The van der Waals surface area contributed by atoms with Crippen LogP contribution in [0.4, 0.5) is 17.1 Å². The highest BCUT2D eigenvalue weighted by molar-refractivity contribution is 6.09. The number of anilines is 2. The van der Waals surface area contributed by atoms with Gasteiger partial charge in [0.1, 0.15) is 5.76 Å². The highest BCUT2D eigenvalue weighted by atomic mass is 16.6. The van der Waals surface area contributed by atoms with Crippen LogP contribution in [0, 0.1) is 30.9 Å². The number of carbonyl (C=O) groups excluding carboxylic acids is 1. The number of nitro benzene ring substituents is 1. The van der Waals surface area contributed by atoms with Crippen molar-refractivity contribution < 1.29 is 14.1 Å². The second-order valence-corrected chi connectivity index (χ2v) is 7.88. The number of hydrazone groups is 1. The maximum absolute atomic E-state index is 13.0. The molecule has 2 aromatic carbocycles. The van der Waals surface area contributed by atoms with E-state index >= 15 is 0 Å². The zero-order valence-electron chi connectivity index (χ0n) is 18.2. The Hall–Kier alpha value is -3.94. The number of fused-ring (bicyclic) bond motifs is 1. The molecule has 1 aliphatic rings. The minimum Gasteiger partial charge on any atom is -0.455 e. The predicted octanol–water partition coefficient (Wildman–Crippen LogP) is 5.52. The molecular weight excluding hydrogens is 408 g/mol. The Kier molecular flexibility index (Phi) is 5.77. The summed E-state index contributed by atoms with van der Waals surface area (Å²) in [4.78, 5) is 23.3. The molecular formula is C24H24N4O4. The second kappa shape index (κ2) is 8.66. The molecule has 0 atom stereocenters. The number of aryl methyl sites for hydroxylation is 2. The molecule has 0 fully saturated rings. The van der Waals surface area contributed by atoms with Crippen molar-refractivity contribution in [2.75, 3.05) is 10.7 Å². The fraction of sp³-hybridized carbons (Fsp3) is 0.250. The summed E-state index contributed by atoms with van der Waals surface area (Å²) in [6.07, 6.45) is 2.34. The van der Waals surface area contributed by atoms with Crippen LogP contribution >= 0.6 is 0 Å². The largest absolute Gasteiger partial charge is 0.455 e. The predicted molar refractivity (Wildman–Crippen MR) is 124 cm³/mol. The van der Waals surface area contributed by atoms with Crippen molar-refractivity contribution in [2.24, 2.45) is 5.10 Å². The minimum atomic E-state index is -0.442. The highest BCUT2D eigenvalue weighted by Gasteiger charge is 2.28. The van der Waals surface area contributed by atoms with Gasteiger partial charge in [-0.25, -0.2) is 0 Å². The second-order valence-electron chi connectivity index (χ2n) is 7.88. The van der Waals surface area contributed by atoms with Crippen molar-refractivity contribution >= 4 is 28.7 Å². The van der Waals surface area contributed by atoms with Crippen molar-refractivity contribution in [3.63, 3.8) is 0 Å². The first-order valence-electron chi connectivity index (χ1n) is 10.4. The number of furan rings is 1. The van der Waals surface area contributed by atoms with Gasteiger partial charge in [-0.15, -0.1) is 0 Å². The lowest BCUT2D eigenvalue weighted by Crippen LogP contribution is -2.15. The number of nitro groups is 1. The number of nitrogens with zero attached hydrogens (tertiary/aromatic N) is 2. The van der Waals surface area contributed by atoms with Crippen LogP contribution in [0.3, 0.4) is 0 Å². The van der Waals surface area contributed by atoms with E-state index in [9.17, 15) is 14.9 Å². The van der Waals surface area contributed by atoms with Gasteiger partial charge in [0, 0.05) is 35.4 Å². The van der Waals surface area contributed by atoms with Crippen LogP contribution in [0.25, 0.3) is 0 Å². The van der Waals surface area contributed by atoms with E-state index in [1.807, 2.05) is 39.0 Å². The molecule has 0 aliphatic heterocycles. The van der Waals surface area contributed by atoms with Crippen LogP contribution < -0.4 is 10.7 Å². The molecule has 0 bridgehead atoms. The van der Waals surface area contributed by atoms with Crippen LogP contribution in [-0.2, 0) is 6.42 Å². The van der Waals surface area contributed by atoms with Gasteiger partial charge in [-0.05, 0) is 62.9 Å². The van der Waals surface area contributed by atoms with Gasteiger partial charge in [-0.2, -0.15) is 5.10 Å². The summed E-state index contributed by atoms with van der Waals surface area (Å²) in [5, 5.41) is 18.3. The molecule has 2 N–H and O–H groups in total. The summed E-state index contributed by atoms with van der Waals surface area (Å²) < 4.78 is 5.97. The van der Waals surface area contributed by atoms with Gasteiger partial charge in [0.05, 0.1) is 16.3 Å². The zero-order valence-corrected chi connectivity index (χ0v) is 18.2. The van der Waals surface area contributed by atoms with Crippen LogP contribution in [0.5, 0.6) is 0 Å². The average Bonchev–Trinajstić information content (AvgIpc) is 3.13. The smallest absolute Gasteiger partial charge is 0.291 e. The van der Waals surface area contributed by atoms with E-state index in [1.54, 1.807) is 12.1 Å². The molecule has 164 valence electrons. The molecule has 32 heavy (non-hydrogen) atoms. The Balaban J connectivity index is 1.58. The molecule has 0 radical (unpaired) electrons. The van der Waals surface area contributed by atoms with Crippen LogP contribution in [-0.4, -0.2) is 16.5 Å². The van der Waals surface area contributed by atoms with Gasteiger partial charge < -0.3 is 9.73 Å². The Bertz CT molecular complexity index is 1230. The molecule has 0 saturated heterocycles. The normalized spacial score (nSPS) is 14.2. The van der Waals surface area contributed by atoms with E-state index < -0.39 is 4.92 Å². The van der Waals surface area contributed by atoms with Crippen molar-refractivity contribution in [3.05, 3.63) is 86.4 Å². The van der Waals surface area contributed by atoms with Crippen LogP contribution in [0.2, 0.25) is 0 Å². The van der Waals surface area contributed by atoms with E-state index in [4.69, 9.17) is 4.42 Å². The van der Waals surface area contributed by atoms with E-state index in [0.717, 1.165) is 58.7 Å². The summed E-state index contributed by atoms with van der Waals surface area (Å²) in [5.74, 6) is 0.762. The van der Waals surface area contributed by atoms with Crippen molar-refractivity contribution in [1.82, 2.24) is 0 Å². The maximum atomic E-state index is 13.0. The van der Waals surface area contributed by atoms with Gasteiger partial charge in [0.15, 0.2) is 5.76 Å². The molecule has 8 heteroatoms. The van der Waals surface area contributed by atoms with Gasteiger partial charge in [0.25, 0.3) is 11.6 Å². The first-order valence-corrected chi connectivity index (χ1v) is 10.4. The van der Waals surface area contributed by atoms with Crippen molar-refractivity contribution in [1.29, 1.82) is 0 Å². The highest BCUT2D eigenvalue weighted by Crippen LogP contribution is 2.31. The lowest BCUT2D eigenvalue weighted by atomic mass is 9.93. The van der Waals surface area contributed by atoms with Gasteiger partial charge in [0.2, 0.25) is 0 Å². The van der Waals surface area contributed by atoms with E-state index in [0.29, 0.717) is 11.4 Å². The van der Waals surface area contributed by atoms with Crippen LogP contribution in [0.15, 0.2) is 52.0 Å². The topological polar surface area (TPSA) is 110 Å². The van der Waals surface area contributed by atoms with Gasteiger partial charge in [-0.3, -0.25) is 20.3 Å². The number of non-ortho nitro benzene ring substituents is 1. The molecule has 0 unspecified atom stereocenters. The molecule has 1 heterocycles. The summed E-state index contributed by atoms with van der Waals surface area (Å²) in [7, 11) is 0. The minimum absolute atomic E-state index is 0.0216. The number of nitrogens with one attached hydrogen (secondary N) is 2. The fourth-order valence-corrected chi connectivity index (χ4v) is 3.85. The third-order valence-corrected chi connectivity index (χ3v) is 5.78. The molecule has 4 rings (SSSR count). The van der Waals surface area contributed by atoms with Gasteiger partial charge in [-0.1, -0.05) is 12.1 Å². The lowest BCUT2D eigenvalue weighted by molar-refractivity contribution is -0.384. The lowest BCUT2D eigenvalue weighted by Gasteiger charge is -2.13. The first kappa shape index (κ1) is 21.3. The standard InChI is InChI=1S/C24H24N4O4/c1-14-6-4-7-19(15(14)2)25-24(29)23-16(3)22-20(8-5-9-21(22)32-23)27-26-17-10-12-18(13-11-17)28(30)31/h4,6-7,10-13,26H,5,8-9H2,1-3H3,(H,25,29)/b27-20+. The Morgan fingerprint density at radius 2 is 1.81 bits per heavy atom. The number of carbonyl (C=O) groups is 1.